The summed E-state index contributed by atoms with van der Waals surface area (Å²) >= 11 is 0. The zero-order chi connectivity index (χ0) is 10.1. The first-order valence-electron chi connectivity index (χ1n) is 6.20. The molecule has 0 fully saturated rings. The molecule has 1 unspecified atom stereocenters. The Morgan fingerprint density at radius 1 is 0.846 bits per heavy atom. The van der Waals surface area contributed by atoms with Crippen LogP contribution < -0.4 is 0 Å². The molecule has 0 radical (unpaired) electrons. The molecule has 0 bridgehead atoms. The molecule has 0 aliphatic heterocycles. The first-order chi connectivity index (χ1) is 6.20. The summed E-state index contributed by atoms with van der Waals surface area (Å²) in [6.45, 7) is 9.29. The van der Waals surface area contributed by atoms with E-state index in [2.05, 4.69) is 27.7 Å². The summed E-state index contributed by atoms with van der Waals surface area (Å²) in [4.78, 5) is 0. The normalized spacial score (nSPS) is 13.6. The van der Waals surface area contributed by atoms with Crippen molar-refractivity contribution in [3.63, 3.8) is 0 Å². The fourth-order valence-electron chi connectivity index (χ4n) is 1.86. The quantitative estimate of drug-likeness (QED) is 0.496. The van der Waals surface area contributed by atoms with E-state index in [0.717, 1.165) is 11.8 Å². The van der Waals surface area contributed by atoms with E-state index < -0.39 is 0 Å². The summed E-state index contributed by atoms with van der Waals surface area (Å²) in [6.07, 6.45) is 9.97. The van der Waals surface area contributed by atoms with Gasteiger partial charge in [-0.1, -0.05) is 72.6 Å². The van der Waals surface area contributed by atoms with Crippen LogP contribution in [0.2, 0.25) is 0 Å². The molecule has 0 heterocycles. The first kappa shape index (κ1) is 13.0. The van der Waals surface area contributed by atoms with E-state index >= 15 is 0 Å². The third-order valence-electron chi connectivity index (χ3n) is 2.94. The van der Waals surface area contributed by atoms with E-state index in [-0.39, 0.29) is 0 Å². The second kappa shape index (κ2) is 8.59. The molecule has 0 amide bonds. The van der Waals surface area contributed by atoms with Crippen molar-refractivity contribution in [2.24, 2.45) is 11.8 Å². The Labute approximate surface area is 85.1 Å². The third-order valence-corrected chi connectivity index (χ3v) is 2.94. The Morgan fingerprint density at radius 2 is 1.46 bits per heavy atom. The fraction of sp³-hybridized carbons (Fsp3) is 1.00. The number of hydrogen-bond donors (Lipinski definition) is 0. The lowest BCUT2D eigenvalue weighted by atomic mass is 9.92. The van der Waals surface area contributed by atoms with Crippen molar-refractivity contribution >= 4 is 0 Å². The minimum Gasteiger partial charge on any atom is -0.0654 e. The summed E-state index contributed by atoms with van der Waals surface area (Å²) in [5, 5.41) is 0. The van der Waals surface area contributed by atoms with E-state index in [1.165, 1.54) is 44.9 Å². The third kappa shape index (κ3) is 8.33. The number of hydrogen-bond acceptors (Lipinski definition) is 0. The predicted molar refractivity (Wildman–Crippen MR) is 62.0 cm³/mol. The molecule has 80 valence electrons. The second-order valence-electron chi connectivity index (χ2n) is 4.74. The van der Waals surface area contributed by atoms with Crippen LogP contribution in [-0.2, 0) is 0 Å². The van der Waals surface area contributed by atoms with Crippen LogP contribution in [0.4, 0.5) is 0 Å². The predicted octanol–water partition coefficient (Wildman–Crippen LogP) is 5.03. The van der Waals surface area contributed by atoms with Crippen molar-refractivity contribution in [1.82, 2.24) is 0 Å². The molecular weight excluding hydrogens is 156 g/mol. The average Bonchev–Trinajstić information content (AvgIpc) is 2.10. The molecule has 0 spiro atoms. The molecule has 1 atom stereocenters. The molecule has 0 nitrogen and oxygen atoms in total. The molecule has 0 N–H and O–H groups in total. The van der Waals surface area contributed by atoms with Crippen LogP contribution in [-0.4, -0.2) is 0 Å². The number of rotatable bonds is 8. The molecule has 0 rings (SSSR count). The lowest BCUT2D eigenvalue weighted by Gasteiger charge is -2.14. The minimum absolute atomic E-state index is 0.892. The van der Waals surface area contributed by atoms with Gasteiger partial charge >= 0.3 is 0 Å². The first-order valence-corrected chi connectivity index (χ1v) is 6.20. The van der Waals surface area contributed by atoms with Crippen LogP contribution >= 0.6 is 0 Å². The van der Waals surface area contributed by atoms with Gasteiger partial charge in [-0.25, -0.2) is 0 Å². The fourth-order valence-corrected chi connectivity index (χ4v) is 1.86. The highest BCUT2D eigenvalue weighted by Gasteiger charge is 2.05. The van der Waals surface area contributed by atoms with Gasteiger partial charge in [0.25, 0.3) is 0 Å². The van der Waals surface area contributed by atoms with Gasteiger partial charge in [-0.3, -0.25) is 0 Å². The van der Waals surface area contributed by atoms with Crippen LogP contribution in [0.1, 0.15) is 72.6 Å². The van der Waals surface area contributed by atoms with Gasteiger partial charge in [0.05, 0.1) is 0 Å². The Hall–Kier alpha value is 0. The molecule has 0 aromatic heterocycles. The molecule has 13 heavy (non-hydrogen) atoms. The van der Waals surface area contributed by atoms with Gasteiger partial charge < -0.3 is 0 Å². The maximum absolute atomic E-state index is 2.34. The topological polar surface area (TPSA) is 0 Å². The average molecular weight is 184 g/mol. The maximum Gasteiger partial charge on any atom is -0.0417 e. The standard InChI is InChI=1S/C13H28/c1-5-7-10-13(6-2)11-8-9-12(3)4/h12-13H,5-11H2,1-4H3. The molecule has 0 aromatic carbocycles. The second-order valence-corrected chi connectivity index (χ2v) is 4.74. The minimum atomic E-state index is 0.892. The van der Waals surface area contributed by atoms with Crippen LogP contribution in [0.25, 0.3) is 0 Å². The van der Waals surface area contributed by atoms with Gasteiger partial charge in [-0.15, -0.1) is 0 Å². The molecule has 0 saturated heterocycles. The van der Waals surface area contributed by atoms with Crippen LogP contribution in [0, 0.1) is 11.8 Å². The summed E-state index contributed by atoms with van der Waals surface area (Å²) < 4.78 is 0. The summed E-state index contributed by atoms with van der Waals surface area (Å²) in [6, 6.07) is 0. The molecule has 0 aliphatic rings. The van der Waals surface area contributed by atoms with Gasteiger partial charge in [0.15, 0.2) is 0 Å². The van der Waals surface area contributed by atoms with Crippen LogP contribution in [0.3, 0.4) is 0 Å². The van der Waals surface area contributed by atoms with Crippen molar-refractivity contribution in [3.8, 4) is 0 Å². The molecule has 0 saturated carbocycles. The van der Waals surface area contributed by atoms with Crippen molar-refractivity contribution in [2.75, 3.05) is 0 Å². The van der Waals surface area contributed by atoms with E-state index in [9.17, 15) is 0 Å². The number of unbranched alkanes of at least 4 members (excludes halogenated alkanes) is 1. The van der Waals surface area contributed by atoms with Gasteiger partial charge in [-0.05, 0) is 11.8 Å². The Balaban J connectivity index is 3.36. The highest BCUT2D eigenvalue weighted by atomic mass is 14.1. The van der Waals surface area contributed by atoms with Crippen molar-refractivity contribution in [2.45, 2.75) is 72.6 Å². The van der Waals surface area contributed by atoms with E-state index in [4.69, 9.17) is 0 Å². The van der Waals surface area contributed by atoms with E-state index in [1.54, 1.807) is 0 Å². The smallest absolute Gasteiger partial charge is 0.0417 e. The van der Waals surface area contributed by atoms with Gasteiger partial charge in [0.1, 0.15) is 0 Å². The Morgan fingerprint density at radius 3 is 1.92 bits per heavy atom. The lowest BCUT2D eigenvalue weighted by Crippen LogP contribution is -1.99. The van der Waals surface area contributed by atoms with Crippen molar-refractivity contribution in [1.29, 1.82) is 0 Å². The molecule has 0 heteroatoms. The summed E-state index contributed by atoms with van der Waals surface area (Å²) in [5.41, 5.74) is 0. The van der Waals surface area contributed by atoms with Crippen LogP contribution in [0.5, 0.6) is 0 Å². The van der Waals surface area contributed by atoms with Gasteiger partial charge in [-0.2, -0.15) is 0 Å². The molecule has 0 aliphatic carbocycles. The summed E-state index contributed by atoms with van der Waals surface area (Å²) in [5.74, 6) is 1.90. The van der Waals surface area contributed by atoms with Crippen molar-refractivity contribution < 1.29 is 0 Å². The van der Waals surface area contributed by atoms with E-state index in [0.29, 0.717) is 0 Å². The highest BCUT2D eigenvalue weighted by molar-refractivity contribution is 4.58. The zero-order valence-electron chi connectivity index (χ0n) is 10.1. The van der Waals surface area contributed by atoms with Crippen LogP contribution in [0.15, 0.2) is 0 Å². The Kier molecular flexibility index (Phi) is 8.59. The largest absolute Gasteiger partial charge is 0.0654 e. The highest BCUT2D eigenvalue weighted by Crippen LogP contribution is 2.20. The summed E-state index contributed by atoms with van der Waals surface area (Å²) in [7, 11) is 0. The SMILES string of the molecule is CCCCC(CC)CCCC(C)C. The van der Waals surface area contributed by atoms with E-state index in [1.807, 2.05) is 0 Å². The lowest BCUT2D eigenvalue weighted by molar-refractivity contribution is 0.389. The maximum atomic E-state index is 2.34. The Bertz CT molecular complexity index is 94.2. The molecular formula is C13H28. The van der Waals surface area contributed by atoms with Crippen molar-refractivity contribution in [3.05, 3.63) is 0 Å². The molecule has 0 aromatic rings. The monoisotopic (exact) mass is 184 g/mol. The van der Waals surface area contributed by atoms with Gasteiger partial charge in [0.2, 0.25) is 0 Å². The zero-order valence-corrected chi connectivity index (χ0v) is 10.1. The van der Waals surface area contributed by atoms with Gasteiger partial charge in [0, 0.05) is 0 Å².